The van der Waals surface area contributed by atoms with Crippen molar-refractivity contribution in [3.63, 3.8) is 0 Å². The van der Waals surface area contributed by atoms with Crippen LogP contribution in [-0.2, 0) is 11.2 Å². The number of aromatic nitrogens is 1. The summed E-state index contributed by atoms with van der Waals surface area (Å²) in [4.78, 5) is 20.8. The normalized spacial score (nSPS) is 21.3. The molecule has 1 saturated carbocycles. The lowest BCUT2D eigenvalue weighted by molar-refractivity contribution is 0.0238. The molecule has 1 aliphatic carbocycles. The van der Waals surface area contributed by atoms with Gasteiger partial charge in [0.15, 0.2) is 0 Å². The Morgan fingerprint density at radius 1 is 1.41 bits per heavy atom. The summed E-state index contributed by atoms with van der Waals surface area (Å²) in [7, 11) is 0. The molecule has 2 N–H and O–H groups in total. The van der Waals surface area contributed by atoms with Gasteiger partial charge in [-0.2, -0.15) is 0 Å². The second-order valence-corrected chi connectivity index (χ2v) is 7.63. The van der Waals surface area contributed by atoms with E-state index in [1.54, 1.807) is 11.3 Å². The second-order valence-electron chi connectivity index (χ2n) is 6.35. The second kappa shape index (κ2) is 6.64. The van der Waals surface area contributed by atoms with Gasteiger partial charge in [0, 0.05) is 24.4 Å². The molecule has 5 nitrogen and oxygen atoms in total. The molecule has 0 atom stereocenters. The first-order chi connectivity index (χ1) is 10.7. The number of nitrogens with zero attached hydrogens (tertiary/aromatic N) is 2. The van der Waals surface area contributed by atoms with Crippen molar-refractivity contribution < 1.29 is 9.53 Å². The third kappa shape index (κ3) is 2.92. The quantitative estimate of drug-likeness (QED) is 0.925. The minimum absolute atomic E-state index is 0.0874. The zero-order valence-electron chi connectivity index (χ0n) is 13.3. The molecule has 1 spiro atoms. The molecule has 2 heterocycles. The molecule has 1 aliphatic heterocycles. The van der Waals surface area contributed by atoms with E-state index in [-0.39, 0.29) is 11.4 Å². The van der Waals surface area contributed by atoms with E-state index in [0.717, 1.165) is 48.7 Å². The Kier molecular flexibility index (Phi) is 4.80. The number of aryl methyl sites for hydroxylation is 1. The molecule has 22 heavy (non-hydrogen) atoms. The van der Waals surface area contributed by atoms with Gasteiger partial charge in [-0.3, -0.25) is 4.79 Å². The predicted octanol–water partition coefficient (Wildman–Crippen LogP) is 2.13. The van der Waals surface area contributed by atoms with Crippen LogP contribution in [0.4, 0.5) is 0 Å². The smallest absolute Gasteiger partial charge is 0.274 e. The van der Waals surface area contributed by atoms with Crippen molar-refractivity contribution in [2.45, 2.75) is 51.0 Å². The maximum Gasteiger partial charge on any atom is 0.274 e. The summed E-state index contributed by atoms with van der Waals surface area (Å²) in [6, 6.07) is 0. The maximum absolute atomic E-state index is 13.1. The highest BCUT2D eigenvalue weighted by Crippen LogP contribution is 2.38. The Labute approximate surface area is 135 Å². The van der Waals surface area contributed by atoms with Crippen LogP contribution in [0.2, 0.25) is 0 Å². The van der Waals surface area contributed by atoms with Gasteiger partial charge in [-0.25, -0.2) is 4.98 Å². The summed E-state index contributed by atoms with van der Waals surface area (Å²) < 4.78 is 5.79. The molecule has 2 aliphatic rings. The SMILES string of the molecule is Cc1sc(CCN)nc1C(=O)N1CCCOCC12CCCC2. The van der Waals surface area contributed by atoms with Gasteiger partial charge in [0.1, 0.15) is 5.69 Å². The molecule has 2 fully saturated rings. The van der Waals surface area contributed by atoms with E-state index in [4.69, 9.17) is 10.5 Å². The molecule has 1 amide bonds. The van der Waals surface area contributed by atoms with Crippen LogP contribution in [-0.4, -0.2) is 47.6 Å². The van der Waals surface area contributed by atoms with E-state index in [1.165, 1.54) is 12.8 Å². The zero-order valence-corrected chi connectivity index (χ0v) is 14.1. The molecule has 122 valence electrons. The summed E-state index contributed by atoms with van der Waals surface area (Å²) in [5.41, 5.74) is 6.14. The Morgan fingerprint density at radius 2 is 2.18 bits per heavy atom. The molecule has 1 aromatic heterocycles. The first-order valence-electron chi connectivity index (χ1n) is 8.22. The van der Waals surface area contributed by atoms with E-state index in [9.17, 15) is 4.79 Å². The fourth-order valence-corrected chi connectivity index (χ4v) is 4.61. The van der Waals surface area contributed by atoms with Gasteiger partial charge in [-0.15, -0.1) is 11.3 Å². The summed E-state index contributed by atoms with van der Waals surface area (Å²) in [5, 5.41) is 0.967. The molecule has 1 aromatic rings. The third-order valence-electron chi connectivity index (χ3n) is 4.79. The molecule has 0 aromatic carbocycles. The van der Waals surface area contributed by atoms with Crippen molar-refractivity contribution in [2.75, 3.05) is 26.3 Å². The van der Waals surface area contributed by atoms with E-state index in [0.29, 0.717) is 18.8 Å². The molecule has 0 bridgehead atoms. The van der Waals surface area contributed by atoms with Crippen molar-refractivity contribution in [1.29, 1.82) is 0 Å². The topological polar surface area (TPSA) is 68.5 Å². The highest BCUT2D eigenvalue weighted by Gasteiger charge is 2.44. The standard InChI is InChI=1S/C16H25N3O2S/c1-12-14(18-13(22-12)5-8-17)15(20)19-9-4-10-21-11-16(19)6-2-3-7-16/h2-11,17H2,1H3. The van der Waals surface area contributed by atoms with E-state index in [2.05, 4.69) is 9.88 Å². The zero-order chi connectivity index (χ0) is 15.6. The molecule has 3 rings (SSSR count). The van der Waals surface area contributed by atoms with Crippen LogP contribution in [0.15, 0.2) is 0 Å². The van der Waals surface area contributed by atoms with Gasteiger partial charge >= 0.3 is 0 Å². The van der Waals surface area contributed by atoms with E-state index in [1.807, 2.05) is 6.92 Å². The third-order valence-corrected chi connectivity index (χ3v) is 5.83. The van der Waals surface area contributed by atoms with E-state index < -0.39 is 0 Å². The highest BCUT2D eigenvalue weighted by molar-refractivity contribution is 7.11. The fraction of sp³-hybridized carbons (Fsp3) is 0.750. The average Bonchev–Trinajstić information content (AvgIpc) is 3.03. The minimum atomic E-state index is -0.0995. The van der Waals surface area contributed by atoms with Crippen molar-refractivity contribution in [2.24, 2.45) is 5.73 Å². The van der Waals surface area contributed by atoms with Crippen LogP contribution in [0.5, 0.6) is 0 Å². The van der Waals surface area contributed by atoms with Crippen molar-refractivity contribution >= 4 is 17.2 Å². The van der Waals surface area contributed by atoms with Crippen molar-refractivity contribution in [3.8, 4) is 0 Å². The predicted molar refractivity (Wildman–Crippen MR) is 87.3 cm³/mol. The van der Waals surface area contributed by atoms with Gasteiger partial charge in [-0.05, 0) is 32.7 Å². The Balaban J connectivity index is 1.88. The number of hydrogen-bond donors (Lipinski definition) is 1. The van der Waals surface area contributed by atoms with Gasteiger partial charge in [-0.1, -0.05) is 12.8 Å². The van der Waals surface area contributed by atoms with Crippen LogP contribution in [0.3, 0.4) is 0 Å². The molecular weight excluding hydrogens is 298 g/mol. The van der Waals surface area contributed by atoms with Gasteiger partial charge in [0.2, 0.25) is 0 Å². The van der Waals surface area contributed by atoms with Crippen LogP contribution in [0.25, 0.3) is 0 Å². The number of hydrogen-bond acceptors (Lipinski definition) is 5. The number of carbonyl (C=O) groups excluding carboxylic acids is 1. The lowest BCUT2D eigenvalue weighted by Gasteiger charge is -2.39. The highest BCUT2D eigenvalue weighted by atomic mass is 32.1. The lowest BCUT2D eigenvalue weighted by atomic mass is 9.95. The van der Waals surface area contributed by atoms with Crippen LogP contribution in [0.1, 0.15) is 52.5 Å². The Bertz CT molecular complexity index is 537. The number of rotatable bonds is 3. The van der Waals surface area contributed by atoms with Gasteiger partial charge in [0.25, 0.3) is 5.91 Å². The van der Waals surface area contributed by atoms with Crippen molar-refractivity contribution in [3.05, 3.63) is 15.6 Å². The maximum atomic E-state index is 13.1. The van der Waals surface area contributed by atoms with Crippen LogP contribution in [0, 0.1) is 6.92 Å². The summed E-state index contributed by atoms with van der Waals surface area (Å²) in [6.07, 6.45) is 6.12. The Morgan fingerprint density at radius 3 is 2.91 bits per heavy atom. The molecular formula is C16H25N3O2S. The lowest BCUT2D eigenvalue weighted by Crippen LogP contribution is -2.52. The molecule has 0 radical (unpaired) electrons. The first-order valence-corrected chi connectivity index (χ1v) is 9.04. The van der Waals surface area contributed by atoms with Crippen LogP contribution >= 0.6 is 11.3 Å². The van der Waals surface area contributed by atoms with Gasteiger partial charge < -0.3 is 15.4 Å². The summed E-state index contributed by atoms with van der Waals surface area (Å²) in [5.74, 6) is 0.0874. The number of nitrogens with two attached hydrogens (primary N) is 1. The van der Waals surface area contributed by atoms with Gasteiger partial charge in [0.05, 0.1) is 17.2 Å². The summed E-state index contributed by atoms with van der Waals surface area (Å²) in [6.45, 7) is 4.77. The van der Waals surface area contributed by atoms with Crippen LogP contribution < -0.4 is 5.73 Å². The molecule has 1 saturated heterocycles. The fourth-order valence-electron chi connectivity index (χ4n) is 3.67. The average molecular weight is 323 g/mol. The summed E-state index contributed by atoms with van der Waals surface area (Å²) >= 11 is 1.60. The number of ether oxygens (including phenoxy) is 1. The number of thiazole rings is 1. The number of amides is 1. The Hall–Kier alpha value is -0.980. The monoisotopic (exact) mass is 323 g/mol. The largest absolute Gasteiger partial charge is 0.379 e. The number of carbonyl (C=O) groups is 1. The van der Waals surface area contributed by atoms with E-state index >= 15 is 0 Å². The molecule has 0 unspecified atom stereocenters. The van der Waals surface area contributed by atoms with Crippen molar-refractivity contribution in [1.82, 2.24) is 9.88 Å². The first kappa shape index (κ1) is 15.9. The molecule has 6 heteroatoms. The minimum Gasteiger partial charge on any atom is -0.379 e.